The molecule has 2 aromatic carbocycles. The van der Waals surface area contributed by atoms with Crippen LogP contribution in [0.4, 0.5) is 0 Å². The molecule has 0 fully saturated rings. The third-order valence-corrected chi connectivity index (χ3v) is 5.17. The van der Waals surface area contributed by atoms with Gasteiger partial charge in [0.2, 0.25) is 0 Å². The molecule has 0 aliphatic carbocycles. The molecule has 0 spiro atoms. The minimum absolute atomic E-state index is 0.00926. The molecule has 0 saturated heterocycles. The number of hydrogen-bond donors (Lipinski definition) is 1. The van der Waals surface area contributed by atoms with E-state index in [2.05, 4.69) is 41.9 Å². The van der Waals surface area contributed by atoms with Crippen LogP contribution in [0.2, 0.25) is 5.02 Å². The van der Waals surface area contributed by atoms with E-state index in [0.29, 0.717) is 31.8 Å². The van der Waals surface area contributed by atoms with Gasteiger partial charge in [0.25, 0.3) is 5.56 Å². The summed E-state index contributed by atoms with van der Waals surface area (Å²) in [6.07, 6.45) is 1.40. The summed E-state index contributed by atoms with van der Waals surface area (Å²) in [6.45, 7) is 5.87. The summed E-state index contributed by atoms with van der Waals surface area (Å²) in [5.74, 6) is 0.504. The summed E-state index contributed by atoms with van der Waals surface area (Å²) < 4.78 is 2.49. The van der Waals surface area contributed by atoms with Crippen LogP contribution in [-0.2, 0) is 5.41 Å². The monoisotopic (exact) mass is 511 g/mol. The first-order valence-corrected chi connectivity index (χ1v) is 9.99. The molecule has 5 nitrogen and oxygen atoms in total. The summed E-state index contributed by atoms with van der Waals surface area (Å²) in [5.41, 5.74) is 0.279. The molecule has 1 N–H and O–H groups in total. The number of phenolic OH excluding ortho intramolecular Hbond substituents is 1. The summed E-state index contributed by atoms with van der Waals surface area (Å²) >= 11 is 12.7. The lowest BCUT2D eigenvalue weighted by atomic mass is 9.95. The fourth-order valence-corrected chi connectivity index (χ4v) is 3.74. The Hall–Kier alpha value is -1.70. The molecule has 27 heavy (non-hydrogen) atoms. The Morgan fingerprint density at radius 1 is 1.22 bits per heavy atom. The molecular weight excluding hydrogens is 497 g/mol. The van der Waals surface area contributed by atoms with Crippen LogP contribution in [0, 0.1) is 0 Å². The predicted octanol–water partition coefficient (Wildman–Crippen LogP) is 5.46. The van der Waals surface area contributed by atoms with Crippen molar-refractivity contribution < 1.29 is 5.11 Å². The van der Waals surface area contributed by atoms with Gasteiger partial charge >= 0.3 is 0 Å². The number of aromatic hydroxyl groups is 1. The van der Waals surface area contributed by atoms with Crippen LogP contribution in [0.15, 0.2) is 49.2 Å². The Bertz CT molecular complexity index is 1130. The third-order valence-electron chi connectivity index (χ3n) is 3.85. The number of rotatable bonds is 2. The molecule has 3 rings (SSSR count). The van der Waals surface area contributed by atoms with E-state index in [1.165, 1.54) is 10.9 Å². The number of phenols is 1. The van der Waals surface area contributed by atoms with Gasteiger partial charge in [0.1, 0.15) is 11.6 Å². The zero-order valence-corrected chi connectivity index (χ0v) is 18.7. The fourth-order valence-electron chi connectivity index (χ4n) is 2.55. The molecule has 140 valence electrons. The first kappa shape index (κ1) is 20.0. The molecular formula is C19H16Br2ClN3O2. The largest absolute Gasteiger partial charge is 0.506 e. The number of benzene rings is 2. The predicted molar refractivity (Wildman–Crippen MR) is 116 cm³/mol. The maximum absolute atomic E-state index is 13.1. The molecule has 0 atom stereocenters. The second kappa shape index (κ2) is 7.37. The van der Waals surface area contributed by atoms with E-state index >= 15 is 0 Å². The summed E-state index contributed by atoms with van der Waals surface area (Å²) in [5, 5.41) is 15.4. The Labute approximate surface area is 178 Å². The van der Waals surface area contributed by atoms with Gasteiger partial charge in [-0.25, -0.2) is 4.98 Å². The van der Waals surface area contributed by atoms with Crippen molar-refractivity contribution in [1.29, 1.82) is 0 Å². The van der Waals surface area contributed by atoms with Gasteiger partial charge in [-0.1, -0.05) is 48.3 Å². The van der Waals surface area contributed by atoms with E-state index in [-0.39, 0.29) is 11.3 Å². The van der Waals surface area contributed by atoms with Crippen molar-refractivity contribution in [2.24, 2.45) is 5.10 Å². The Morgan fingerprint density at radius 2 is 1.93 bits per heavy atom. The standard InChI is InChI=1S/C19H16Br2ClN3O2/c1-19(2,3)18-24-15-5-4-11(20)7-13(15)17(27)25(18)23-9-10-6-12(22)8-14(21)16(10)26/h4-9,26H,1-3H3. The lowest BCUT2D eigenvalue weighted by molar-refractivity contribution is 0.471. The van der Waals surface area contributed by atoms with Gasteiger partial charge < -0.3 is 5.11 Å². The van der Waals surface area contributed by atoms with Crippen molar-refractivity contribution in [1.82, 2.24) is 9.66 Å². The van der Waals surface area contributed by atoms with Gasteiger partial charge in [0, 0.05) is 20.5 Å². The van der Waals surface area contributed by atoms with Crippen LogP contribution in [0.3, 0.4) is 0 Å². The van der Waals surface area contributed by atoms with E-state index in [9.17, 15) is 9.90 Å². The van der Waals surface area contributed by atoms with Crippen LogP contribution in [0.1, 0.15) is 32.2 Å². The molecule has 0 aliphatic rings. The zero-order valence-electron chi connectivity index (χ0n) is 14.8. The number of fused-ring (bicyclic) bond motifs is 1. The minimum Gasteiger partial charge on any atom is -0.506 e. The molecule has 1 heterocycles. The van der Waals surface area contributed by atoms with E-state index in [4.69, 9.17) is 11.6 Å². The quantitative estimate of drug-likeness (QED) is 0.463. The topological polar surface area (TPSA) is 67.5 Å². The van der Waals surface area contributed by atoms with E-state index in [1.807, 2.05) is 26.8 Å². The summed E-state index contributed by atoms with van der Waals surface area (Å²) in [6, 6.07) is 8.51. The minimum atomic E-state index is -0.422. The summed E-state index contributed by atoms with van der Waals surface area (Å²) in [7, 11) is 0. The van der Waals surface area contributed by atoms with Crippen LogP contribution in [0.5, 0.6) is 5.75 Å². The molecule has 8 heteroatoms. The second-order valence-electron chi connectivity index (χ2n) is 7.03. The number of nitrogens with zero attached hydrogens (tertiary/aromatic N) is 3. The van der Waals surface area contributed by atoms with E-state index in [0.717, 1.165) is 4.47 Å². The van der Waals surface area contributed by atoms with E-state index in [1.54, 1.807) is 24.3 Å². The highest BCUT2D eigenvalue weighted by molar-refractivity contribution is 9.10. The van der Waals surface area contributed by atoms with E-state index < -0.39 is 5.41 Å². The first-order valence-electron chi connectivity index (χ1n) is 8.03. The average molecular weight is 514 g/mol. The van der Waals surface area contributed by atoms with Crippen LogP contribution < -0.4 is 5.56 Å². The SMILES string of the molecule is CC(C)(C)c1nc2ccc(Br)cc2c(=O)n1N=Cc1cc(Cl)cc(Br)c1O. The Kier molecular flexibility index (Phi) is 5.47. The lowest BCUT2D eigenvalue weighted by Gasteiger charge is -2.20. The Balaban J connectivity index is 2.27. The smallest absolute Gasteiger partial charge is 0.282 e. The molecule has 0 amide bonds. The maximum Gasteiger partial charge on any atom is 0.282 e. The molecule has 0 aliphatic heterocycles. The van der Waals surface area contributed by atoms with Gasteiger partial charge in [-0.05, 0) is 46.3 Å². The number of halogens is 3. The van der Waals surface area contributed by atoms with Crippen molar-refractivity contribution in [3.05, 3.63) is 66.0 Å². The maximum atomic E-state index is 13.1. The van der Waals surface area contributed by atoms with Crippen molar-refractivity contribution in [3.63, 3.8) is 0 Å². The van der Waals surface area contributed by atoms with Crippen molar-refractivity contribution in [2.45, 2.75) is 26.2 Å². The number of hydrogen-bond acceptors (Lipinski definition) is 4. The zero-order chi connectivity index (χ0) is 19.9. The molecule has 0 saturated carbocycles. The molecule has 0 radical (unpaired) electrons. The van der Waals surface area contributed by atoms with Crippen molar-refractivity contribution in [2.75, 3.05) is 0 Å². The number of aromatic nitrogens is 2. The highest BCUT2D eigenvalue weighted by Gasteiger charge is 2.23. The highest BCUT2D eigenvalue weighted by Crippen LogP contribution is 2.30. The third kappa shape index (κ3) is 4.10. The van der Waals surface area contributed by atoms with Crippen LogP contribution in [0.25, 0.3) is 10.9 Å². The van der Waals surface area contributed by atoms with Gasteiger partial charge in [-0.3, -0.25) is 4.79 Å². The van der Waals surface area contributed by atoms with Crippen LogP contribution in [-0.4, -0.2) is 21.0 Å². The van der Waals surface area contributed by atoms with Crippen LogP contribution >= 0.6 is 43.5 Å². The van der Waals surface area contributed by atoms with Gasteiger partial charge in [0.15, 0.2) is 0 Å². The normalized spacial score (nSPS) is 12.2. The van der Waals surface area contributed by atoms with Gasteiger partial charge in [-0.15, -0.1) is 0 Å². The average Bonchev–Trinajstić information content (AvgIpc) is 2.57. The molecule has 0 bridgehead atoms. The van der Waals surface area contributed by atoms with Gasteiger partial charge in [-0.2, -0.15) is 9.78 Å². The molecule has 0 unspecified atom stereocenters. The lowest BCUT2D eigenvalue weighted by Crippen LogP contribution is -2.29. The summed E-state index contributed by atoms with van der Waals surface area (Å²) in [4.78, 5) is 17.7. The Morgan fingerprint density at radius 3 is 2.59 bits per heavy atom. The fraction of sp³-hybridized carbons (Fsp3) is 0.211. The highest BCUT2D eigenvalue weighted by atomic mass is 79.9. The van der Waals surface area contributed by atoms with Crippen molar-refractivity contribution >= 4 is 60.6 Å². The van der Waals surface area contributed by atoms with Crippen molar-refractivity contribution in [3.8, 4) is 5.75 Å². The van der Waals surface area contributed by atoms with Gasteiger partial charge in [0.05, 0.1) is 21.6 Å². The first-order chi connectivity index (χ1) is 12.6. The second-order valence-corrected chi connectivity index (χ2v) is 9.24. The molecule has 3 aromatic rings. The molecule has 1 aromatic heterocycles.